The largest absolute Gasteiger partial charge is 0.477 e. The first-order chi connectivity index (χ1) is 9.52. The van der Waals surface area contributed by atoms with Gasteiger partial charge in [0.15, 0.2) is 0 Å². The van der Waals surface area contributed by atoms with Gasteiger partial charge in [-0.2, -0.15) is 0 Å². The standard InChI is InChI=1S/C14H19ClN2O3/c1-3-20-13-11(15)6-10(7-16-13)14(19)17-5-4-9(2)12(18)8-17/h6-7,9,12,18H,3-5,8H2,1-2H3. The first-order valence-corrected chi connectivity index (χ1v) is 7.16. The first-order valence-electron chi connectivity index (χ1n) is 6.78. The van der Waals surface area contributed by atoms with Crippen LogP contribution in [0.4, 0.5) is 0 Å². The lowest BCUT2D eigenvalue weighted by atomic mass is 9.95. The van der Waals surface area contributed by atoms with E-state index in [0.717, 1.165) is 6.42 Å². The molecule has 1 saturated heterocycles. The second-order valence-electron chi connectivity index (χ2n) is 5.03. The van der Waals surface area contributed by atoms with Crippen LogP contribution in [0.5, 0.6) is 5.88 Å². The van der Waals surface area contributed by atoms with Crippen molar-refractivity contribution in [2.75, 3.05) is 19.7 Å². The zero-order valence-electron chi connectivity index (χ0n) is 11.7. The molecule has 2 rings (SSSR count). The Morgan fingerprint density at radius 2 is 2.40 bits per heavy atom. The van der Waals surface area contributed by atoms with Gasteiger partial charge in [-0.15, -0.1) is 0 Å². The number of likely N-dealkylation sites (tertiary alicyclic amines) is 1. The molecular weight excluding hydrogens is 280 g/mol. The van der Waals surface area contributed by atoms with Crippen molar-refractivity contribution in [1.29, 1.82) is 0 Å². The van der Waals surface area contributed by atoms with Gasteiger partial charge in [0, 0.05) is 19.3 Å². The van der Waals surface area contributed by atoms with Crippen molar-refractivity contribution in [3.8, 4) is 5.88 Å². The minimum Gasteiger partial charge on any atom is -0.477 e. The molecule has 0 radical (unpaired) electrons. The molecule has 0 aliphatic carbocycles. The highest BCUT2D eigenvalue weighted by atomic mass is 35.5. The van der Waals surface area contributed by atoms with E-state index in [1.54, 1.807) is 11.0 Å². The van der Waals surface area contributed by atoms with E-state index in [-0.39, 0.29) is 11.8 Å². The van der Waals surface area contributed by atoms with E-state index < -0.39 is 6.10 Å². The fourth-order valence-corrected chi connectivity index (χ4v) is 2.42. The van der Waals surface area contributed by atoms with Crippen LogP contribution in [0.1, 0.15) is 30.6 Å². The van der Waals surface area contributed by atoms with E-state index in [9.17, 15) is 9.90 Å². The number of hydrogen-bond acceptors (Lipinski definition) is 4. The topological polar surface area (TPSA) is 62.7 Å². The summed E-state index contributed by atoms with van der Waals surface area (Å²) in [6, 6.07) is 1.56. The molecule has 0 saturated carbocycles. The molecular formula is C14H19ClN2O3. The van der Waals surface area contributed by atoms with Gasteiger partial charge >= 0.3 is 0 Å². The van der Waals surface area contributed by atoms with E-state index in [4.69, 9.17) is 16.3 Å². The summed E-state index contributed by atoms with van der Waals surface area (Å²) in [6.45, 7) is 5.29. The molecule has 1 amide bonds. The number of aliphatic hydroxyl groups excluding tert-OH is 1. The van der Waals surface area contributed by atoms with Gasteiger partial charge in [0.05, 0.1) is 18.3 Å². The molecule has 1 fully saturated rings. The van der Waals surface area contributed by atoms with E-state index in [1.165, 1.54) is 6.20 Å². The summed E-state index contributed by atoms with van der Waals surface area (Å²) in [7, 11) is 0. The van der Waals surface area contributed by atoms with E-state index in [0.29, 0.717) is 36.2 Å². The van der Waals surface area contributed by atoms with Crippen LogP contribution in [-0.2, 0) is 0 Å². The molecule has 0 bridgehead atoms. The lowest BCUT2D eigenvalue weighted by Crippen LogP contribution is -2.45. The number of aliphatic hydroxyl groups is 1. The molecule has 1 aliphatic heterocycles. The quantitative estimate of drug-likeness (QED) is 0.927. The van der Waals surface area contributed by atoms with Crippen LogP contribution in [0.15, 0.2) is 12.3 Å². The van der Waals surface area contributed by atoms with Crippen LogP contribution >= 0.6 is 11.6 Å². The Hall–Kier alpha value is -1.33. The molecule has 1 aromatic heterocycles. The van der Waals surface area contributed by atoms with E-state index in [2.05, 4.69) is 4.98 Å². The molecule has 6 heteroatoms. The highest BCUT2D eigenvalue weighted by Gasteiger charge is 2.28. The summed E-state index contributed by atoms with van der Waals surface area (Å²) in [5, 5.41) is 10.2. The van der Waals surface area contributed by atoms with Crippen molar-refractivity contribution in [3.05, 3.63) is 22.8 Å². The third kappa shape index (κ3) is 3.22. The smallest absolute Gasteiger partial charge is 0.255 e. The number of aromatic nitrogens is 1. The summed E-state index contributed by atoms with van der Waals surface area (Å²) >= 11 is 6.04. The highest BCUT2D eigenvalue weighted by Crippen LogP contribution is 2.24. The summed E-state index contributed by atoms with van der Waals surface area (Å²) in [5.74, 6) is 0.396. The number of halogens is 1. The molecule has 2 unspecified atom stereocenters. The number of carbonyl (C=O) groups is 1. The normalized spacial score (nSPS) is 22.7. The number of piperidine rings is 1. The average Bonchev–Trinajstić information content (AvgIpc) is 2.43. The maximum Gasteiger partial charge on any atom is 0.255 e. The van der Waals surface area contributed by atoms with Gasteiger partial charge in [-0.05, 0) is 25.3 Å². The van der Waals surface area contributed by atoms with Crippen molar-refractivity contribution < 1.29 is 14.6 Å². The van der Waals surface area contributed by atoms with Gasteiger partial charge in [-0.1, -0.05) is 18.5 Å². The molecule has 2 heterocycles. The summed E-state index contributed by atoms with van der Waals surface area (Å²) < 4.78 is 5.24. The monoisotopic (exact) mass is 298 g/mol. The lowest BCUT2D eigenvalue weighted by molar-refractivity contribution is 0.0248. The summed E-state index contributed by atoms with van der Waals surface area (Å²) in [5.41, 5.74) is 0.417. The first kappa shape index (κ1) is 15.1. The number of nitrogens with zero attached hydrogens (tertiary/aromatic N) is 2. The number of hydrogen-bond donors (Lipinski definition) is 1. The number of β-amino-alcohol motifs (C(OH)–C–C–N with tert-alkyl or cyclic N) is 1. The molecule has 1 aromatic rings. The second-order valence-corrected chi connectivity index (χ2v) is 5.44. The Kier molecular flexibility index (Phi) is 4.83. The predicted octanol–water partition coefficient (Wildman–Crippen LogP) is 1.98. The maximum atomic E-state index is 12.3. The third-order valence-corrected chi connectivity index (χ3v) is 3.81. The number of rotatable bonds is 3. The predicted molar refractivity (Wildman–Crippen MR) is 76.1 cm³/mol. The third-order valence-electron chi connectivity index (χ3n) is 3.54. The second kappa shape index (κ2) is 6.41. The van der Waals surface area contributed by atoms with Crippen molar-refractivity contribution in [1.82, 2.24) is 9.88 Å². The Balaban J connectivity index is 2.11. The van der Waals surface area contributed by atoms with Gasteiger partial charge in [0.1, 0.15) is 5.02 Å². The van der Waals surface area contributed by atoms with Crippen molar-refractivity contribution in [2.24, 2.45) is 5.92 Å². The van der Waals surface area contributed by atoms with Crippen LogP contribution in [0.3, 0.4) is 0 Å². The highest BCUT2D eigenvalue weighted by molar-refractivity contribution is 6.32. The summed E-state index contributed by atoms with van der Waals surface area (Å²) in [6.07, 6.45) is 1.79. The van der Waals surface area contributed by atoms with Crippen molar-refractivity contribution >= 4 is 17.5 Å². The molecule has 1 aliphatic rings. The molecule has 0 spiro atoms. The molecule has 20 heavy (non-hydrogen) atoms. The van der Waals surface area contributed by atoms with Crippen LogP contribution < -0.4 is 4.74 Å². The van der Waals surface area contributed by atoms with Crippen LogP contribution in [0, 0.1) is 5.92 Å². The van der Waals surface area contributed by atoms with E-state index in [1.807, 2.05) is 13.8 Å². The molecule has 0 aromatic carbocycles. The minimum absolute atomic E-state index is 0.159. The lowest BCUT2D eigenvalue weighted by Gasteiger charge is -2.34. The van der Waals surface area contributed by atoms with Crippen molar-refractivity contribution in [3.63, 3.8) is 0 Å². The number of ether oxygens (including phenoxy) is 1. The fourth-order valence-electron chi connectivity index (χ4n) is 2.20. The average molecular weight is 299 g/mol. The minimum atomic E-state index is -0.473. The number of pyridine rings is 1. The van der Waals surface area contributed by atoms with Crippen LogP contribution in [0.25, 0.3) is 0 Å². The zero-order chi connectivity index (χ0) is 14.7. The fraction of sp³-hybridized carbons (Fsp3) is 0.571. The van der Waals surface area contributed by atoms with Crippen LogP contribution in [-0.4, -0.2) is 46.7 Å². The van der Waals surface area contributed by atoms with Crippen molar-refractivity contribution in [2.45, 2.75) is 26.4 Å². The van der Waals surface area contributed by atoms with E-state index >= 15 is 0 Å². The Morgan fingerprint density at radius 3 is 3.00 bits per heavy atom. The molecule has 1 N–H and O–H groups in total. The van der Waals surface area contributed by atoms with Gasteiger partial charge in [0.2, 0.25) is 5.88 Å². The Bertz CT molecular complexity index is 495. The zero-order valence-corrected chi connectivity index (χ0v) is 12.4. The van der Waals surface area contributed by atoms with Gasteiger partial charge in [-0.3, -0.25) is 4.79 Å². The summed E-state index contributed by atoms with van der Waals surface area (Å²) in [4.78, 5) is 18.0. The Labute approximate surface area is 123 Å². The maximum absolute atomic E-state index is 12.3. The van der Waals surface area contributed by atoms with Gasteiger partial charge in [-0.25, -0.2) is 4.98 Å². The Morgan fingerprint density at radius 1 is 1.65 bits per heavy atom. The SMILES string of the molecule is CCOc1ncc(C(=O)N2CCC(C)C(O)C2)cc1Cl. The molecule has 110 valence electrons. The number of amides is 1. The number of carbonyl (C=O) groups excluding carboxylic acids is 1. The molecule has 5 nitrogen and oxygen atoms in total. The molecule has 2 atom stereocenters. The van der Waals surface area contributed by atoms with Gasteiger partial charge < -0.3 is 14.7 Å². The van der Waals surface area contributed by atoms with Crippen LogP contribution in [0.2, 0.25) is 5.02 Å². The van der Waals surface area contributed by atoms with Gasteiger partial charge in [0.25, 0.3) is 5.91 Å².